The van der Waals surface area contributed by atoms with Gasteiger partial charge >= 0.3 is 0 Å². The smallest absolute Gasteiger partial charge is 0.139 e. The molecule has 0 atom stereocenters. The fourth-order valence-electron chi connectivity index (χ4n) is 3.73. The number of para-hydroxylation sites is 1. The van der Waals surface area contributed by atoms with Crippen LogP contribution in [0.1, 0.15) is 44.4 Å². The first-order valence-electron chi connectivity index (χ1n) is 12.5. The summed E-state index contributed by atoms with van der Waals surface area (Å²) in [6.07, 6.45) is 12.1. The summed E-state index contributed by atoms with van der Waals surface area (Å²) in [5.41, 5.74) is 6.78. The fourth-order valence-corrected chi connectivity index (χ4v) is 3.73. The van der Waals surface area contributed by atoms with Crippen LogP contribution in [0, 0.1) is 12.3 Å². The van der Waals surface area contributed by atoms with Crippen molar-refractivity contribution in [3.63, 3.8) is 0 Å². The van der Waals surface area contributed by atoms with E-state index in [1.807, 2.05) is 58.0 Å². The summed E-state index contributed by atoms with van der Waals surface area (Å²) < 4.78 is 6.00. The van der Waals surface area contributed by atoms with E-state index in [0.29, 0.717) is 0 Å². The average Bonchev–Trinajstić information content (AvgIpc) is 3.32. The van der Waals surface area contributed by atoms with E-state index in [4.69, 9.17) is 9.83 Å². The molecule has 0 unspecified atom stereocenters. The Morgan fingerprint density at radius 3 is 2.29 bits per heavy atom. The van der Waals surface area contributed by atoms with Gasteiger partial charge in [0.05, 0.1) is 0 Å². The molecule has 1 aliphatic rings. The van der Waals surface area contributed by atoms with Crippen molar-refractivity contribution in [2.45, 2.75) is 41.0 Å². The minimum Gasteiger partial charge on any atom is -0.456 e. The van der Waals surface area contributed by atoms with Gasteiger partial charge in [0.25, 0.3) is 0 Å². The van der Waals surface area contributed by atoms with E-state index in [-0.39, 0.29) is 0 Å². The van der Waals surface area contributed by atoms with Crippen LogP contribution in [0.15, 0.2) is 102 Å². The van der Waals surface area contributed by atoms with Gasteiger partial charge in [0.15, 0.2) is 0 Å². The molecule has 0 saturated heterocycles. The van der Waals surface area contributed by atoms with Gasteiger partial charge in [0.1, 0.15) is 11.2 Å². The van der Waals surface area contributed by atoms with Gasteiger partial charge in [-0.15, -0.1) is 0 Å². The monoisotopic (exact) mass is 466 g/mol. The van der Waals surface area contributed by atoms with Crippen LogP contribution in [0.3, 0.4) is 0 Å². The van der Waals surface area contributed by atoms with Gasteiger partial charge in [-0.3, -0.25) is 0 Å². The lowest BCUT2D eigenvalue weighted by Gasteiger charge is -2.11. The molecule has 0 radical (unpaired) electrons. The molecule has 2 N–H and O–H groups in total. The Morgan fingerprint density at radius 1 is 0.886 bits per heavy atom. The molecule has 0 bridgehead atoms. The maximum absolute atomic E-state index is 7.04. The van der Waals surface area contributed by atoms with E-state index in [1.165, 1.54) is 34.0 Å². The molecule has 35 heavy (non-hydrogen) atoms. The van der Waals surface area contributed by atoms with Crippen LogP contribution in [0.25, 0.3) is 27.6 Å². The van der Waals surface area contributed by atoms with E-state index in [0.717, 1.165) is 29.5 Å². The lowest BCUT2D eigenvalue weighted by molar-refractivity contribution is 0.664. The number of hydrogen-bond donors (Lipinski definition) is 2. The number of fused-ring (bicyclic) bond motifs is 3. The highest BCUT2D eigenvalue weighted by atomic mass is 16.3. The number of allylic oxidation sites excluding steroid dienone is 4. The zero-order valence-corrected chi connectivity index (χ0v) is 21.6. The molecule has 1 aliphatic heterocycles. The number of rotatable bonds is 4. The Morgan fingerprint density at radius 2 is 1.60 bits per heavy atom. The Hall–Kier alpha value is -3.85. The van der Waals surface area contributed by atoms with E-state index in [1.54, 1.807) is 6.08 Å². The lowest BCUT2D eigenvalue weighted by Crippen LogP contribution is -2.13. The Bertz CT molecular complexity index is 1280. The van der Waals surface area contributed by atoms with Crippen LogP contribution < -0.4 is 5.32 Å². The first-order chi connectivity index (χ1) is 17.3. The van der Waals surface area contributed by atoms with Crippen LogP contribution in [0.5, 0.6) is 0 Å². The summed E-state index contributed by atoms with van der Waals surface area (Å²) in [5, 5.41) is 12.7. The second-order valence-electron chi connectivity index (χ2n) is 7.39. The molecule has 0 spiro atoms. The molecule has 0 fully saturated rings. The van der Waals surface area contributed by atoms with Crippen molar-refractivity contribution in [3.8, 4) is 0 Å². The molecule has 0 saturated carbocycles. The van der Waals surface area contributed by atoms with Gasteiger partial charge in [-0.25, -0.2) is 0 Å². The number of hydrogen-bond acceptors (Lipinski definition) is 3. The normalized spacial score (nSPS) is 11.9. The molecule has 1 aromatic heterocycles. The van der Waals surface area contributed by atoms with Crippen LogP contribution in [0.4, 0.5) is 0 Å². The minimum absolute atomic E-state index is 0.790. The summed E-state index contributed by atoms with van der Waals surface area (Å²) in [5.74, 6) is 0. The first-order valence-corrected chi connectivity index (χ1v) is 12.5. The third-order valence-electron chi connectivity index (χ3n) is 5.33. The van der Waals surface area contributed by atoms with Gasteiger partial charge < -0.3 is 15.1 Å². The quantitative estimate of drug-likeness (QED) is 0.295. The molecule has 3 aromatic carbocycles. The second kappa shape index (κ2) is 15.1. The molecule has 5 rings (SSSR count). The van der Waals surface area contributed by atoms with Crippen molar-refractivity contribution in [2.24, 2.45) is 0 Å². The van der Waals surface area contributed by atoms with Crippen molar-refractivity contribution in [1.29, 1.82) is 5.41 Å². The first kappa shape index (κ1) is 27.4. The molecule has 182 valence electrons. The molecule has 2 heterocycles. The lowest BCUT2D eigenvalue weighted by atomic mass is 10.0. The minimum atomic E-state index is 0.790. The highest BCUT2D eigenvalue weighted by molar-refractivity contribution is 6.06. The standard InChI is InChI=1S/C17H15NO.C11H11N.2C2H6/c1-12-9-10-15-14-7-2-3-8-16(14)19-17(15)13(12)6-4-5-11-18;1-2-6-10(7-3-1)11-8-4-5-9-12-11;2*1-2/h2-5,7-11,18H,6H2,1H3;1-8,12H,9H2;2*1-2H3/b5-4-,18-11?;;;. The average molecular weight is 467 g/mol. The zero-order chi connectivity index (χ0) is 25.5. The molecule has 4 aromatic rings. The highest BCUT2D eigenvalue weighted by Crippen LogP contribution is 2.32. The van der Waals surface area contributed by atoms with Crippen molar-refractivity contribution in [3.05, 3.63) is 114 Å². The second-order valence-corrected chi connectivity index (χ2v) is 7.39. The summed E-state index contributed by atoms with van der Waals surface area (Å²) in [6.45, 7) is 11.0. The number of furan rings is 1. The third kappa shape index (κ3) is 7.31. The van der Waals surface area contributed by atoms with Gasteiger partial charge in [0.2, 0.25) is 0 Å². The van der Waals surface area contributed by atoms with Crippen molar-refractivity contribution in [2.75, 3.05) is 6.54 Å². The molecule has 3 nitrogen and oxygen atoms in total. The maximum atomic E-state index is 7.04. The Balaban J connectivity index is 0.000000233. The van der Waals surface area contributed by atoms with Crippen LogP contribution >= 0.6 is 0 Å². The van der Waals surface area contributed by atoms with E-state index in [9.17, 15) is 0 Å². The SMILES string of the molecule is C1=CCNC(c2ccccc2)=C1.CC.CC.Cc1ccc2c(oc3ccccc32)c1C/C=C\C=N. The number of benzene rings is 3. The largest absolute Gasteiger partial charge is 0.456 e. The van der Waals surface area contributed by atoms with Gasteiger partial charge in [-0.1, -0.05) is 107 Å². The van der Waals surface area contributed by atoms with Gasteiger partial charge in [-0.05, 0) is 42.7 Å². The van der Waals surface area contributed by atoms with E-state index in [2.05, 4.69) is 72.9 Å². The van der Waals surface area contributed by atoms with E-state index >= 15 is 0 Å². The third-order valence-corrected chi connectivity index (χ3v) is 5.33. The Labute approximate surface area is 210 Å². The predicted octanol–water partition coefficient (Wildman–Crippen LogP) is 8.88. The van der Waals surface area contributed by atoms with Crippen molar-refractivity contribution < 1.29 is 4.42 Å². The van der Waals surface area contributed by atoms with Crippen molar-refractivity contribution in [1.82, 2.24) is 5.32 Å². The molecular weight excluding hydrogens is 428 g/mol. The van der Waals surface area contributed by atoms with Gasteiger partial charge in [0, 0.05) is 34.8 Å². The van der Waals surface area contributed by atoms with Crippen molar-refractivity contribution >= 4 is 33.9 Å². The fraction of sp³-hybridized carbons (Fsp3) is 0.219. The van der Waals surface area contributed by atoms with E-state index < -0.39 is 0 Å². The number of nitrogens with one attached hydrogen (secondary N) is 2. The van der Waals surface area contributed by atoms with Crippen LogP contribution in [-0.2, 0) is 6.42 Å². The highest BCUT2D eigenvalue weighted by Gasteiger charge is 2.11. The summed E-state index contributed by atoms with van der Waals surface area (Å²) in [6, 6.07) is 22.7. The zero-order valence-electron chi connectivity index (χ0n) is 21.6. The maximum Gasteiger partial charge on any atom is 0.139 e. The molecule has 0 amide bonds. The Kier molecular flexibility index (Phi) is 11.8. The van der Waals surface area contributed by atoms with Crippen LogP contribution in [-0.4, -0.2) is 12.8 Å². The van der Waals surface area contributed by atoms with Gasteiger partial charge in [-0.2, -0.15) is 0 Å². The topological polar surface area (TPSA) is 49.0 Å². The number of dihydropyridines is 1. The molecule has 0 aliphatic carbocycles. The number of aryl methyl sites for hydroxylation is 1. The molecule has 3 heteroatoms. The molecular formula is C32H38N2O. The summed E-state index contributed by atoms with van der Waals surface area (Å²) >= 11 is 0. The summed E-state index contributed by atoms with van der Waals surface area (Å²) in [4.78, 5) is 0. The van der Waals surface area contributed by atoms with Crippen LogP contribution in [0.2, 0.25) is 0 Å². The summed E-state index contributed by atoms with van der Waals surface area (Å²) in [7, 11) is 0. The predicted molar refractivity (Wildman–Crippen MR) is 154 cm³/mol.